The Balaban J connectivity index is 3.48. The lowest BCUT2D eigenvalue weighted by Gasteiger charge is -2.22. The molecule has 0 saturated heterocycles. The van der Waals surface area contributed by atoms with Gasteiger partial charge in [-0.3, -0.25) is 4.68 Å². The van der Waals surface area contributed by atoms with Crippen LogP contribution in [-0.4, -0.2) is 21.4 Å². The van der Waals surface area contributed by atoms with Gasteiger partial charge in [-0.2, -0.15) is 18.3 Å². The first-order valence-corrected chi connectivity index (χ1v) is 4.71. The summed E-state index contributed by atoms with van der Waals surface area (Å²) in [6.07, 6.45) is -4.68. The van der Waals surface area contributed by atoms with Gasteiger partial charge in [0.2, 0.25) is 0 Å². The number of halogens is 4. The molecule has 1 aromatic heterocycles. The van der Waals surface area contributed by atoms with Gasteiger partial charge in [0, 0.05) is 13.6 Å². The monoisotopic (exact) mass is 257 g/mol. The van der Waals surface area contributed by atoms with E-state index in [0.717, 1.165) is 11.6 Å². The quantitative estimate of drug-likeness (QED) is 0.838. The molecule has 0 amide bonds. The molecule has 1 aromatic rings. The van der Waals surface area contributed by atoms with Crippen molar-refractivity contribution in [1.29, 1.82) is 0 Å². The van der Waals surface area contributed by atoms with Gasteiger partial charge >= 0.3 is 6.18 Å². The van der Waals surface area contributed by atoms with E-state index >= 15 is 0 Å². The summed E-state index contributed by atoms with van der Waals surface area (Å²) in [5.41, 5.74) is 1.64. The Morgan fingerprint density at radius 3 is 2.38 bits per heavy atom. The van der Waals surface area contributed by atoms with Gasteiger partial charge in [-0.15, -0.1) is 0 Å². The van der Waals surface area contributed by atoms with E-state index < -0.39 is 23.0 Å². The van der Waals surface area contributed by atoms with E-state index in [9.17, 15) is 18.3 Å². The van der Waals surface area contributed by atoms with E-state index in [1.54, 1.807) is 0 Å². The first-order valence-electron chi connectivity index (χ1n) is 4.34. The fourth-order valence-electron chi connectivity index (χ4n) is 1.28. The number of nitrogens with zero attached hydrogens (tertiary/aromatic N) is 2. The number of hydrogen-bond donors (Lipinski definition) is 2. The molecule has 8 heteroatoms. The lowest BCUT2D eigenvalue weighted by molar-refractivity contribution is -0.144. The van der Waals surface area contributed by atoms with Crippen molar-refractivity contribution in [3.63, 3.8) is 0 Å². The summed E-state index contributed by atoms with van der Waals surface area (Å²) in [6, 6.07) is 0. The van der Waals surface area contributed by atoms with E-state index in [1.165, 1.54) is 7.05 Å². The zero-order valence-corrected chi connectivity index (χ0v) is 9.39. The molecule has 1 atom stereocenters. The van der Waals surface area contributed by atoms with Gasteiger partial charge in [0.25, 0.3) is 0 Å². The Morgan fingerprint density at radius 2 is 2.00 bits per heavy atom. The summed E-state index contributed by atoms with van der Waals surface area (Å²) in [5.74, 6) is 0. The second-order valence-electron chi connectivity index (χ2n) is 3.61. The standard InChI is InChI=1S/C8H11ClF3N3O/c1-7(16,3-13)4-5(8(10,11)12)14-15(2)6(4)9/h16H,3,13H2,1-2H3. The highest BCUT2D eigenvalue weighted by molar-refractivity contribution is 6.30. The molecule has 0 bridgehead atoms. The van der Waals surface area contributed by atoms with Gasteiger partial charge in [0.1, 0.15) is 10.8 Å². The van der Waals surface area contributed by atoms with Crippen molar-refractivity contribution < 1.29 is 18.3 Å². The normalized spacial score (nSPS) is 16.2. The second kappa shape index (κ2) is 3.90. The fraction of sp³-hybridized carbons (Fsp3) is 0.625. The number of aromatic nitrogens is 2. The smallest absolute Gasteiger partial charge is 0.384 e. The Morgan fingerprint density at radius 1 is 1.50 bits per heavy atom. The number of aryl methyl sites for hydroxylation is 1. The molecule has 1 unspecified atom stereocenters. The largest absolute Gasteiger partial charge is 0.435 e. The molecule has 1 heterocycles. The SMILES string of the molecule is Cn1nc(C(F)(F)F)c(C(C)(O)CN)c1Cl. The molecule has 3 N–H and O–H groups in total. The van der Waals surface area contributed by atoms with Crippen LogP contribution in [0.4, 0.5) is 13.2 Å². The molecule has 4 nitrogen and oxygen atoms in total. The lowest BCUT2D eigenvalue weighted by Crippen LogP contribution is -2.33. The number of alkyl halides is 3. The number of hydrogen-bond acceptors (Lipinski definition) is 3. The van der Waals surface area contributed by atoms with Gasteiger partial charge < -0.3 is 10.8 Å². The molecule has 0 aromatic carbocycles. The third-order valence-electron chi connectivity index (χ3n) is 2.18. The van der Waals surface area contributed by atoms with E-state index in [4.69, 9.17) is 17.3 Å². The molecular formula is C8H11ClF3N3O. The zero-order chi connectivity index (χ0) is 12.7. The topological polar surface area (TPSA) is 64.1 Å². The molecule has 92 valence electrons. The van der Waals surface area contributed by atoms with E-state index in [-0.39, 0.29) is 11.7 Å². The second-order valence-corrected chi connectivity index (χ2v) is 3.97. The van der Waals surface area contributed by atoms with E-state index in [0.29, 0.717) is 0 Å². The Bertz CT molecular complexity index is 400. The Hall–Kier alpha value is -0.790. The summed E-state index contributed by atoms with van der Waals surface area (Å²) in [4.78, 5) is 0. The maximum Gasteiger partial charge on any atom is 0.435 e. The Kier molecular flexibility index (Phi) is 3.24. The minimum absolute atomic E-state index is 0.275. The third-order valence-corrected chi connectivity index (χ3v) is 2.62. The summed E-state index contributed by atoms with van der Waals surface area (Å²) in [6.45, 7) is 0.770. The predicted molar refractivity (Wildman–Crippen MR) is 51.8 cm³/mol. The predicted octanol–water partition coefficient (Wildman–Crippen LogP) is 1.26. The summed E-state index contributed by atoms with van der Waals surface area (Å²) in [7, 11) is 1.26. The molecule has 0 fully saturated rings. The summed E-state index contributed by atoms with van der Waals surface area (Å²) >= 11 is 5.67. The number of aliphatic hydroxyl groups is 1. The maximum atomic E-state index is 12.6. The van der Waals surface area contributed by atoms with Gasteiger partial charge in [-0.25, -0.2) is 0 Å². The van der Waals surface area contributed by atoms with Gasteiger partial charge in [0.05, 0.1) is 5.56 Å². The molecular weight excluding hydrogens is 247 g/mol. The van der Waals surface area contributed by atoms with Crippen LogP contribution in [0.1, 0.15) is 18.2 Å². The molecule has 0 radical (unpaired) electrons. The van der Waals surface area contributed by atoms with Gasteiger partial charge in [0.15, 0.2) is 5.69 Å². The van der Waals surface area contributed by atoms with Crippen molar-refractivity contribution in [3.05, 3.63) is 16.4 Å². The molecule has 0 aliphatic rings. The Labute approximate surface area is 94.8 Å². The third kappa shape index (κ3) is 2.16. The highest BCUT2D eigenvalue weighted by Crippen LogP contribution is 2.39. The van der Waals surface area contributed by atoms with Crippen molar-refractivity contribution in [2.75, 3.05) is 6.54 Å². The van der Waals surface area contributed by atoms with E-state index in [1.807, 2.05) is 0 Å². The molecule has 0 aliphatic carbocycles. The first kappa shape index (κ1) is 13.3. The van der Waals surface area contributed by atoms with Crippen LogP contribution in [0.5, 0.6) is 0 Å². The number of rotatable bonds is 2. The van der Waals surface area contributed by atoms with Crippen LogP contribution in [0.25, 0.3) is 0 Å². The minimum atomic E-state index is -4.68. The van der Waals surface area contributed by atoms with Crippen LogP contribution in [0.15, 0.2) is 0 Å². The zero-order valence-electron chi connectivity index (χ0n) is 8.64. The summed E-state index contributed by atoms with van der Waals surface area (Å²) < 4.78 is 38.7. The average Bonchev–Trinajstić information content (AvgIpc) is 2.43. The maximum absolute atomic E-state index is 12.6. The highest BCUT2D eigenvalue weighted by atomic mass is 35.5. The van der Waals surface area contributed by atoms with Crippen LogP contribution < -0.4 is 5.73 Å². The average molecular weight is 258 g/mol. The molecule has 0 aliphatic heterocycles. The fourth-order valence-corrected chi connectivity index (χ4v) is 1.61. The van der Waals surface area contributed by atoms with Crippen molar-refractivity contribution in [1.82, 2.24) is 9.78 Å². The minimum Gasteiger partial charge on any atom is -0.384 e. The van der Waals surface area contributed by atoms with Crippen molar-refractivity contribution in [2.24, 2.45) is 12.8 Å². The number of nitrogens with two attached hydrogens (primary N) is 1. The first-order chi connectivity index (χ1) is 7.11. The van der Waals surface area contributed by atoms with Crippen molar-refractivity contribution in [3.8, 4) is 0 Å². The summed E-state index contributed by atoms with van der Waals surface area (Å²) in [5, 5.41) is 12.7. The van der Waals surface area contributed by atoms with E-state index in [2.05, 4.69) is 5.10 Å². The molecule has 16 heavy (non-hydrogen) atoms. The highest BCUT2D eigenvalue weighted by Gasteiger charge is 2.43. The molecule has 1 rings (SSSR count). The van der Waals surface area contributed by atoms with Crippen LogP contribution in [-0.2, 0) is 18.8 Å². The van der Waals surface area contributed by atoms with Gasteiger partial charge in [-0.1, -0.05) is 11.6 Å². The van der Waals surface area contributed by atoms with Crippen LogP contribution >= 0.6 is 11.6 Å². The van der Waals surface area contributed by atoms with Crippen LogP contribution in [0.3, 0.4) is 0 Å². The molecule has 0 saturated carbocycles. The van der Waals surface area contributed by atoms with Crippen LogP contribution in [0.2, 0.25) is 5.15 Å². The van der Waals surface area contributed by atoms with Crippen LogP contribution in [0, 0.1) is 0 Å². The van der Waals surface area contributed by atoms with Crippen molar-refractivity contribution >= 4 is 11.6 Å². The molecule has 0 spiro atoms. The van der Waals surface area contributed by atoms with Crippen molar-refractivity contribution in [2.45, 2.75) is 18.7 Å². The van der Waals surface area contributed by atoms with Gasteiger partial charge in [-0.05, 0) is 6.92 Å². The lowest BCUT2D eigenvalue weighted by atomic mass is 9.96.